The van der Waals surface area contributed by atoms with Crippen LogP contribution in [0.25, 0.3) is 0 Å². The zero-order chi connectivity index (χ0) is 13.8. The zero-order valence-electron chi connectivity index (χ0n) is 11.7. The third-order valence-corrected chi connectivity index (χ3v) is 4.64. The average Bonchev–Trinajstić information content (AvgIpc) is 2.41. The van der Waals surface area contributed by atoms with Crippen LogP contribution in [0, 0.1) is 6.92 Å². The lowest BCUT2D eigenvalue weighted by atomic mass is 10.1. The minimum absolute atomic E-state index is 0.380. The van der Waals surface area contributed by atoms with Crippen LogP contribution in [0.3, 0.4) is 0 Å². The van der Waals surface area contributed by atoms with E-state index in [1.807, 2.05) is 6.92 Å². The van der Waals surface area contributed by atoms with Gasteiger partial charge in [0.25, 0.3) is 0 Å². The Balaban J connectivity index is 1.94. The van der Waals surface area contributed by atoms with Crippen molar-refractivity contribution < 1.29 is 0 Å². The Morgan fingerprint density at radius 2 is 2.11 bits per heavy atom. The average molecular weight is 327 g/mol. The van der Waals surface area contributed by atoms with E-state index in [0.29, 0.717) is 6.04 Å². The summed E-state index contributed by atoms with van der Waals surface area (Å²) in [6.07, 6.45) is 5.75. The summed E-state index contributed by atoms with van der Waals surface area (Å²) >= 11 is 3.57. The molecule has 0 bridgehead atoms. The molecular weight excluding hydrogens is 304 g/mol. The molecule has 1 fully saturated rings. The normalized spacial score (nSPS) is 18.3. The molecule has 1 aromatic rings. The molecule has 1 aromatic heterocycles. The first-order valence-corrected chi connectivity index (χ1v) is 7.76. The molecule has 0 amide bonds. The number of nitrogens with two attached hydrogens (primary N) is 1. The minimum atomic E-state index is 0.380. The Labute approximate surface area is 123 Å². The number of nitrogens with one attached hydrogen (secondary N) is 1. The number of anilines is 2. The lowest BCUT2D eigenvalue weighted by molar-refractivity contribution is 0.223. The highest BCUT2D eigenvalue weighted by Crippen LogP contribution is 2.28. The fourth-order valence-electron chi connectivity index (χ4n) is 2.50. The van der Waals surface area contributed by atoms with Crippen LogP contribution in [0.2, 0.25) is 0 Å². The van der Waals surface area contributed by atoms with Gasteiger partial charge in [0.05, 0.1) is 16.4 Å². The number of likely N-dealkylation sites (tertiary alicyclic amines) is 1. The summed E-state index contributed by atoms with van der Waals surface area (Å²) in [6.45, 7) is 7.72. The van der Waals surface area contributed by atoms with Crippen molar-refractivity contribution in [2.24, 2.45) is 0 Å². The maximum Gasteiger partial charge on any atom is 0.140 e. The number of aromatic nitrogens is 1. The summed E-state index contributed by atoms with van der Waals surface area (Å²) < 4.78 is 0.970. The lowest BCUT2D eigenvalue weighted by Crippen LogP contribution is -2.38. The second-order valence-corrected chi connectivity index (χ2v) is 6.20. The third kappa shape index (κ3) is 3.83. The van der Waals surface area contributed by atoms with Crippen molar-refractivity contribution in [2.45, 2.75) is 39.2 Å². The Bertz CT molecular complexity index is 430. The fraction of sp³-hybridized carbons (Fsp3) is 0.643. The summed E-state index contributed by atoms with van der Waals surface area (Å²) in [6, 6.07) is 0.380. The van der Waals surface area contributed by atoms with E-state index in [0.717, 1.165) is 28.1 Å². The number of hydrogen-bond acceptors (Lipinski definition) is 4. The largest absolute Gasteiger partial charge is 0.397 e. The number of nitrogen functional groups attached to an aromatic ring is 1. The highest BCUT2D eigenvalue weighted by molar-refractivity contribution is 9.10. The van der Waals surface area contributed by atoms with Gasteiger partial charge in [-0.3, -0.25) is 0 Å². The lowest BCUT2D eigenvalue weighted by Gasteiger charge is -2.29. The van der Waals surface area contributed by atoms with E-state index in [-0.39, 0.29) is 0 Å². The Morgan fingerprint density at radius 1 is 1.42 bits per heavy atom. The first kappa shape index (κ1) is 14.6. The summed E-state index contributed by atoms with van der Waals surface area (Å²) in [5, 5.41) is 3.47. The van der Waals surface area contributed by atoms with Crippen molar-refractivity contribution in [3.63, 3.8) is 0 Å². The Kier molecular flexibility index (Phi) is 5.05. The molecule has 4 nitrogen and oxygen atoms in total. The molecule has 0 saturated carbocycles. The highest BCUT2D eigenvalue weighted by atomic mass is 79.9. The molecular formula is C14H23BrN4. The van der Waals surface area contributed by atoms with Gasteiger partial charge in [-0.15, -0.1) is 0 Å². The van der Waals surface area contributed by atoms with Gasteiger partial charge in [0, 0.05) is 12.6 Å². The highest BCUT2D eigenvalue weighted by Gasteiger charge is 2.15. The van der Waals surface area contributed by atoms with E-state index >= 15 is 0 Å². The number of halogens is 1. The molecule has 0 spiro atoms. The molecule has 106 valence electrons. The van der Waals surface area contributed by atoms with Crippen molar-refractivity contribution >= 4 is 27.4 Å². The van der Waals surface area contributed by atoms with Crippen molar-refractivity contribution in [3.8, 4) is 0 Å². The molecule has 1 saturated heterocycles. The van der Waals surface area contributed by atoms with Crippen molar-refractivity contribution in [2.75, 3.05) is 30.7 Å². The van der Waals surface area contributed by atoms with Crippen molar-refractivity contribution in [1.29, 1.82) is 0 Å². The van der Waals surface area contributed by atoms with Gasteiger partial charge in [-0.05, 0) is 61.3 Å². The molecule has 0 radical (unpaired) electrons. The molecule has 3 N–H and O–H groups in total. The van der Waals surface area contributed by atoms with E-state index in [1.165, 1.54) is 32.4 Å². The van der Waals surface area contributed by atoms with Crippen LogP contribution in [0.4, 0.5) is 11.5 Å². The summed E-state index contributed by atoms with van der Waals surface area (Å²) in [5.74, 6) is 0.885. The summed E-state index contributed by atoms with van der Waals surface area (Å²) in [4.78, 5) is 6.90. The monoisotopic (exact) mass is 326 g/mol. The van der Waals surface area contributed by atoms with Crippen LogP contribution in [-0.4, -0.2) is 35.6 Å². The van der Waals surface area contributed by atoms with Gasteiger partial charge in [0.1, 0.15) is 5.82 Å². The molecule has 5 heteroatoms. The van der Waals surface area contributed by atoms with Gasteiger partial charge < -0.3 is 16.0 Å². The van der Waals surface area contributed by atoms with Crippen LogP contribution < -0.4 is 11.1 Å². The van der Waals surface area contributed by atoms with Crippen LogP contribution in [0.5, 0.6) is 0 Å². The topological polar surface area (TPSA) is 54.2 Å². The quantitative estimate of drug-likeness (QED) is 0.893. The van der Waals surface area contributed by atoms with Gasteiger partial charge in [-0.2, -0.15) is 0 Å². The minimum Gasteiger partial charge on any atom is -0.397 e. The summed E-state index contributed by atoms with van der Waals surface area (Å²) in [7, 11) is 0. The molecule has 0 aliphatic carbocycles. The number of rotatable bonds is 4. The van der Waals surface area contributed by atoms with Gasteiger partial charge in [0.2, 0.25) is 0 Å². The van der Waals surface area contributed by atoms with Crippen molar-refractivity contribution in [1.82, 2.24) is 9.88 Å². The van der Waals surface area contributed by atoms with E-state index in [1.54, 1.807) is 6.20 Å². The van der Waals surface area contributed by atoms with Gasteiger partial charge in [-0.25, -0.2) is 4.98 Å². The molecule has 1 unspecified atom stereocenters. The second kappa shape index (κ2) is 6.57. The standard InChI is InChI=1S/C14H23BrN4/c1-10(9-19-6-4-3-5-7-19)18-14-13(15)11(2)12(16)8-17-14/h8,10H,3-7,9,16H2,1-2H3,(H,17,18). The van der Waals surface area contributed by atoms with E-state index in [4.69, 9.17) is 5.73 Å². The van der Waals surface area contributed by atoms with Gasteiger partial charge in [0.15, 0.2) is 0 Å². The molecule has 2 heterocycles. The van der Waals surface area contributed by atoms with Crippen LogP contribution in [0.1, 0.15) is 31.7 Å². The SMILES string of the molecule is Cc1c(N)cnc(NC(C)CN2CCCCC2)c1Br. The predicted octanol–water partition coefficient (Wildman–Crippen LogP) is 3.02. The second-order valence-electron chi connectivity index (χ2n) is 5.41. The summed E-state index contributed by atoms with van der Waals surface area (Å²) in [5.41, 5.74) is 7.61. The van der Waals surface area contributed by atoms with Crippen molar-refractivity contribution in [3.05, 3.63) is 16.2 Å². The fourth-order valence-corrected chi connectivity index (χ4v) is 2.95. The molecule has 1 aliphatic rings. The number of pyridine rings is 1. The van der Waals surface area contributed by atoms with Gasteiger partial charge in [-0.1, -0.05) is 6.42 Å². The van der Waals surface area contributed by atoms with E-state index < -0.39 is 0 Å². The van der Waals surface area contributed by atoms with Crippen LogP contribution >= 0.6 is 15.9 Å². The van der Waals surface area contributed by atoms with Crippen LogP contribution in [-0.2, 0) is 0 Å². The van der Waals surface area contributed by atoms with Gasteiger partial charge >= 0.3 is 0 Å². The number of hydrogen-bond donors (Lipinski definition) is 2. The first-order chi connectivity index (χ1) is 9.08. The maximum atomic E-state index is 5.84. The third-order valence-electron chi connectivity index (χ3n) is 3.67. The van der Waals surface area contributed by atoms with E-state index in [9.17, 15) is 0 Å². The number of piperidine rings is 1. The smallest absolute Gasteiger partial charge is 0.140 e. The molecule has 2 rings (SSSR count). The predicted molar refractivity (Wildman–Crippen MR) is 84.5 cm³/mol. The molecule has 1 atom stereocenters. The molecule has 1 aliphatic heterocycles. The number of nitrogens with zero attached hydrogens (tertiary/aromatic N) is 2. The van der Waals surface area contributed by atoms with Crippen LogP contribution in [0.15, 0.2) is 10.7 Å². The Morgan fingerprint density at radius 3 is 2.79 bits per heavy atom. The first-order valence-electron chi connectivity index (χ1n) is 6.97. The molecule has 0 aromatic carbocycles. The molecule has 19 heavy (non-hydrogen) atoms. The maximum absolute atomic E-state index is 5.84. The zero-order valence-corrected chi connectivity index (χ0v) is 13.3. The van der Waals surface area contributed by atoms with E-state index in [2.05, 4.69) is 38.1 Å². The Hall–Kier alpha value is -0.810.